The fourth-order valence-electron chi connectivity index (χ4n) is 2.45. The SMILES string of the molecule is CCC1C(=O)NC(C(C)C)C(=O)N1Cc1ncc(C)o1. The first-order valence-corrected chi connectivity index (χ1v) is 6.96. The highest BCUT2D eigenvalue weighted by atomic mass is 16.4. The van der Waals surface area contributed by atoms with Crippen molar-refractivity contribution in [1.82, 2.24) is 15.2 Å². The Kier molecular flexibility index (Phi) is 4.11. The predicted octanol–water partition coefficient (Wildman–Crippen LogP) is 1.24. The second-order valence-electron chi connectivity index (χ2n) is 5.49. The first-order chi connectivity index (χ1) is 9.43. The van der Waals surface area contributed by atoms with Gasteiger partial charge in [0.1, 0.15) is 17.8 Å². The molecule has 1 aliphatic rings. The molecule has 1 saturated heterocycles. The number of amides is 2. The summed E-state index contributed by atoms with van der Waals surface area (Å²) in [6.07, 6.45) is 2.19. The Labute approximate surface area is 118 Å². The maximum Gasteiger partial charge on any atom is 0.246 e. The highest BCUT2D eigenvalue weighted by molar-refractivity contribution is 5.97. The molecule has 2 amide bonds. The van der Waals surface area contributed by atoms with Gasteiger partial charge in [0.15, 0.2) is 0 Å². The van der Waals surface area contributed by atoms with Crippen molar-refractivity contribution in [2.24, 2.45) is 5.92 Å². The number of hydrogen-bond donors (Lipinski definition) is 1. The molecule has 0 spiro atoms. The van der Waals surface area contributed by atoms with Crippen molar-refractivity contribution in [2.75, 3.05) is 0 Å². The van der Waals surface area contributed by atoms with Crippen molar-refractivity contribution in [3.8, 4) is 0 Å². The molecule has 0 aromatic carbocycles. The van der Waals surface area contributed by atoms with Gasteiger partial charge < -0.3 is 14.6 Å². The molecule has 0 bridgehead atoms. The van der Waals surface area contributed by atoms with E-state index in [-0.39, 0.29) is 24.3 Å². The Morgan fingerprint density at radius 1 is 1.45 bits per heavy atom. The average molecular weight is 279 g/mol. The van der Waals surface area contributed by atoms with Crippen LogP contribution in [0.4, 0.5) is 0 Å². The van der Waals surface area contributed by atoms with Crippen molar-refractivity contribution in [3.63, 3.8) is 0 Å². The van der Waals surface area contributed by atoms with Crippen molar-refractivity contribution in [1.29, 1.82) is 0 Å². The number of nitrogens with zero attached hydrogens (tertiary/aromatic N) is 2. The van der Waals surface area contributed by atoms with Crippen molar-refractivity contribution in [3.05, 3.63) is 17.8 Å². The van der Waals surface area contributed by atoms with Gasteiger partial charge in [-0.25, -0.2) is 4.98 Å². The molecule has 110 valence electrons. The van der Waals surface area contributed by atoms with E-state index >= 15 is 0 Å². The highest BCUT2D eigenvalue weighted by Gasteiger charge is 2.41. The quantitative estimate of drug-likeness (QED) is 0.900. The molecule has 6 heteroatoms. The van der Waals surface area contributed by atoms with E-state index in [0.717, 1.165) is 0 Å². The van der Waals surface area contributed by atoms with Gasteiger partial charge in [-0.2, -0.15) is 0 Å². The summed E-state index contributed by atoms with van der Waals surface area (Å²) in [4.78, 5) is 30.4. The summed E-state index contributed by atoms with van der Waals surface area (Å²) in [6.45, 7) is 7.77. The molecule has 2 unspecified atom stereocenters. The minimum Gasteiger partial charge on any atom is -0.444 e. The smallest absolute Gasteiger partial charge is 0.246 e. The zero-order valence-corrected chi connectivity index (χ0v) is 12.3. The summed E-state index contributed by atoms with van der Waals surface area (Å²) in [5.41, 5.74) is 0. The molecular weight excluding hydrogens is 258 g/mol. The van der Waals surface area contributed by atoms with Gasteiger partial charge in [0.25, 0.3) is 0 Å². The molecule has 0 radical (unpaired) electrons. The van der Waals surface area contributed by atoms with Crippen LogP contribution >= 0.6 is 0 Å². The lowest BCUT2D eigenvalue weighted by Gasteiger charge is -2.39. The minimum absolute atomic E-state index is 0.0538. The zero-order chi connectivity index (χ0) is 14.9. The lowest BCUT2D eigenvalue weighted by molar-refractivity contribution is -0.151. The first-order valence-electron chi connectivity index (χ1n) is 6.96. The third-order valence-electron chi connectivity index (χ3n) is 3.55. The van der Waals surface area contributed by atoms with Gasteiger partial charge >= 0.3 is 0 Å². The van der Waals surface area contributed by atoms with Gasteiger partial charge in [-0.3, -0.25) is 9.59 Å². The summed E-state index contributed by atoms with van der Waals surface area (Å²) >= 11 is 0. The predicted molar refractivity (Wildman–Crippen MR) is 72.6 cm³/mol. The number of hydrogen-bond acceptors (Lipinski definition) is 4. The van der Waals surface area contributed by atoms with Gasteiger partial charge in [-0.05, 0) is 19.3 Å². The summed E-state index contributed by atoms with van der Waals surface area (Å²) in [6, 6.07) is -0.925. The van der Waals surface area contributed by atoms with Crippen LogP contribution in [0.2, 0.25) is 0 Å². The molecule has 1 aromatic rings. The van der Waals surface area contributed by atoms with E-state index in [9.17, 15) is 9.59 Å². The standard InChI is InChI=1S/C14H21N3O3/c1-5-10-13(18)16-12(8(2)3)14(19)17(10)7-11-15-6-9(4)20-11/h6,8,10,12H,5,7H2,1-4H3,(H,16,18). The van der Waals surface area contributed by atoms with Crippen molar-refractivity contribution < 1.29 is 14.0 Å². The van der Waals surface area contributed by atoms with Gasteiger partial charge in [0.05, 0.1) is 12.7 Å². The van der Waals surface area contributed by atoms with Crippen LogP contribution in [0, 0.1) is 12.8 Å². The van der Waals surface area contributed by atoms with E-state index < -0.39 is 12.1 Å². The summed E-state index contributed by atoms with van der Waals surface area (Å²) in [5, 5.41) is 2.81. The maximum absolute atomic E-state index is 12.5. The second kappa shape index (κ2) is 5.64. The van der Waals surface area contributed by atoms with Gasteiger partial charge in [-0.15, -0.1) is 0 Å². The molecular formula is C14H21N3O3. The summed E-state index contributed by atoms with van der Waals surface area (Å²) < 4.78 is 5.42. The summed E-state index contributed by atoms with van der Waals surface area (Å²) in [5.74, 6) is 1.04. The van der Waals surface area contributed by atoms with Gasteiger partial charge in [0.2, 0.25) is 17.7 Å². The molecule has 1 fully saturated rings. The molecule has 0 saturated carbocycles. The lowest BCUT2D eigenvalue weighted by Crippen LogP contribution is -2.64. The molecule has 0 aliphatic carbocycles. The van der Waals surface area contributed by atoms with Crippen LogP contribution in [0.25, 0.3) is 0 Å². The normalized spacial score (nSPS) is 23.4. The first kappa shape index (κ1) is 14.6. The van der Waals surface area contributed by atoms with Crippen LogP contribution in [0.15, 0.2) is 10.6 Å². The Balaban J connectivity index is 2.24. The van der Waals surface area contributed by atoms with Crippen molar-refractivity contribution in [2.45, 2.75) is 52.7 Å². The van der Waals surface area contributed by atoms with Crippen molar-refractivity contribution >= 4 is 11.8 Å². The van der Waals surface area contributed by atoms with E-state index in [0.29, 0.717) is 18.1 Å². The Morgan fingerprint density at radius 3 is 2.65 bits per heavy atom. The number of aryl methyl sites for hydroxylation is 1. The molecule has 1 aromatic heterocycles. The third kappa shape index (κ3) is 2.69. The number of carbonyl (C=O) groups is 2. The van der Waals surface area contributed by atoms with Crippen LogP contribution in [0.1, 0.15) is 38.8 Å². The largest absolute Gasteiger partial charge is 0.444 e. The Bertz CT molecular complexity index is 510. The molecule has 20 heavy (non-hydrogen) atoms. The van der Waals surface area contributed by atoms with Gasteiger partial charge in [-0.1, -0.05) is 20.8 Å². The number of rotatable bonds is 4. The van der Waals surface area contributed by atoms with Crippen LogP contribution in [0.3, 0.4) is 0 Å². The molecule has 2 heterocycles. The second-order valence-corrected chi connectivity index (χ2v) is 5.49. The number of nitrogens with one attached hydrogen (secondary N) is 1. The number of carbonyl (C=O) groups excluding carboxylic acids is 2. The molecule has 2 atom stereocenters. The van der Waals surface area contributed by atoms with Crippen LogP contribution in [0.5, 0.6) is 0 Å². The lowest BCUT2D eigenvalue weighted by atomic mass is 9.97. The maximum atomic E-state index is 12.5. The number of piperazine rings is 1. The zero-order valence-electron chi connectivity index (χ0n) is 12.3. The fraction of sp³-hybridized carbons (Fsp3) is 0.643. The number of aromatic nitrogens is 1. The van der Waals surface area contributed by atoms with Gasteiger partial charge in [0, 0.05) is 0 Å². The molecule has 6 nitrogen and oxygen atoms in total. The van der Waals surface area contributed by atoms with E-state index in [4.69, 9.17) is 4.42 Å². The van der Waals surface area contributed by atoms with E-state index in [1.165, 1.54) is 0 Å². The molecule has 1 N–H and O–H groups in total. The highest BCUT2D eigenvalue weighted by Crippen LogP contribution is 2.20. The molecule has 1 aliphatic heterocycles. The van der Waals surface area contributed by atoms with E-state index in [1.807, 2.05) is 20.8 Å². The van der Waals surface area contributed by atoms with E-state index in [2.05, 4.69) is 10.3 Å². The van der Waals surface area contributed by atoms with E-state index in [1.54, 1.807) is 18.0 Å². The summed E-state index contributed by atoms with van der Waals surface area (Å²) in [7, 11) is 0. The third-order valence-corrected chi connectivity index (χ3v) is 3.55. The van der Waals surface area contributed by atoms with Crippen LogP contribution in [-0.4, -0.2) is 33.8 Å². The average Bonchev–Trinajstić information content (AvgIpc) is 2.79. The van der Waals surface area contributed by atoms with Crippen LogP contribution < -0.4 is 5.32 Å². The van der Waals surface area contributed by atoms with Crippen LogP contribution in [-0.2, 0) is 16.1 Å². The fourth-order valence-corrected chi connectivity index (χ4v) is 2.45. The number of oxazole rings is 1. The Morgan fingerprint density at radius 2 is 2.15 bits per heavy atom. The monoisotopic (exact) mass is 279 g/mol. The minimum atomic E-state index is -0.471. The Hall–Kier alpha value is -1.85. The molecule has 2 rings (SSSR count). The topological polar surface area (TPSA) is 75.4 Å².